The third kappa shape index (κ3) is 4.93. The number of carbonyl (C=O) groups is 1. The van der Waals surface area contributed by atoms with Crippen molar-refractivity contribution in [2.45, 2.75) is 32.9 Å². The Kier molecular flexibility index (Phi) is 5.81. The van der Waals surface area contributed by atoms with E-state index in [-0.39, 0.29) is 12.5 Å². The Bertz CT molecular complexity index is 422. The van der Waals surface area contributed by atoms with E-state index in [0.717, 1.165) is 5.56 Å². The van der Waals surface area contributed by atoms with Crippen LogP contribution in [0.15, 0.2) is 35.3 Å². The van der Waals surface area contributed by atoms with Crippen LogP contribution >= 0.6 is 0 Å². The summed E-state index contributed by atoms with van der Waals surface area (Å²) in [7, 11) is 0. The molecule has 1 rings (SSSR count). The fourth-order valence-electron chi connectivity index (χ4n) is 1.54. The van der Waals surface area contributed by atoms with Crippen molar-refractivity contribution in [1.82, 2.24) is 0 Å². The van der Waals surface area contributed by atoms with Crippen LogP contribution < -0.4 is 0 Å². The van der Waals surface area contributed by atoms with Gasteiger partial charge in [-0.3, -0.25) is 0 Å². The van der Waals surface area contributed by atoms with Crippen molar-refractivity contribution in [3.63, 3.8) is 0 Å². The SMILES string of the molecule is CC(C)C[C@@H](N=C=O)C(=O)OCc1ccccc1. The van der Waals surface area contributed by atoms with Crippen LogP contribution in [0.3, 0.4) is 0 Å². The van der Waals surface area contributed by atoms with Gasteiger partial charge in [0.05, 0.1) is 0 Å². The van der Waals surface area contributed by atoms with Gasteiger partial charge in [0.25, 0.3) is 0 Å². The van der Waals surface area contributed by atoms with Crippen molar-refractivity contribution in [2.24, 2.45) is 10.9 Å². The molecule has 18 heavy (non-hydrogen) atoms. The van der Waals surface area contributed by atoms with Gasteiger partial charge < -0.3 is 4.74 Å². The van der Waals surface area contributed by atoms with Gasteiger partial charge in [-0.1, -0.05) is 44.2 Å². The third-order valence-corrected chi connectivity index (χ3v) is 2.40. The molecule has 0 saturated carbocycles. The van der Waals surface area contributed by atoms with Crippen LogP contribution in [-0.2, 0) is 20.9 Å². The Labute approximate surface area is 107 Å². The first-order chi connectivity index (χ1) is 8.63. The quantitative estimate of drug-likeness (QED) is 0.441. The van der Waals surface area contributed by atoms with E-state index in [1.54, 1.807) is 0 Å². The molecule has 96 valence electrons. The number of carbonyl (C=O) groups excluding carboxylic acids is 2. The van der Waals surface area contributed by atoms with Gasteiger partial charge in [0, 0.05) is 0 Å². The summed E-state index contributed by atoms with van der Waals surface area (Å²) in [5.74, 6) is -0.215. The Morgan fingerprint density at radius 1 is 1.33 bits per heavy atom. The Hall–Kier alpha value is -1.93. The van der Waals surface area contributed by atoms with Gasteiger partial charge in [-0.25, -0.2) is 9.59 Å². The topological polar surface area (TPSA) is 55.7 Å². The minimum atomic E-state index is -0.744. The summed E-state index contributed by atoms with van der Waals surface area (Å²) in [4.78, 5) is 25.5. The number of hydrogen-bond acceptors (Lipinski definition) is 4. The van der Waals surface area contributed by atoms with Crippen LogP contribution in [0.1, 0.15) is 25.8 Å². The second-order valence-corrected chi connectivity index (χ2v) is 4.46. The third-order valence-electron chi connectivity index (χ3n) is 2.40. The van der Waals surface area contributed by atoms with Crippen molar-refractivity contribution >= 4 is 12.0 Å². The minimum Gasteiger partial charge on any atom is -0.459 e. The number of aliphatic imine (C=N–C) groups is 1. The molecule has 0 heterocycles. The molecule has 0 aliphatic rings. The number of esters is 1. The summed E-state index contributed by atoms with van der Waals surface area (Å²) >= 11 is 0. The van der Waals surface area contributed by atoms with Crippen molar-refractivity contribution in [3.05, 3.63) is 35.9 Å². The zero-order valence-corrected chi connectivity index (χ0v) is 10.6. The maximum Gasteiger partial charge on any atom is 0.332 e. The van der Waals surface area contributed by atoms with Gasteiger partial charge in [0.1, 0.15) is 6.61 Å². The van der Waals surface area contributed by atoms with Crippen LogP contribution in [0.4, 0.5) is 0 Å². The summed E-state index contributed by atoms with van der Waals surface area (Å²) < 4.78 is 5.13. The molecule has 1 atom stereocenters. The summed E-state index contributed by atoms with van der Waals surface area (Å²) in [6, 6.07) is 8.63. The number of isocyanates is 1. The number of benzene rings is 1. The van der Waals surface area contributed by atoms with Gasteiger partial charge in [-0.2, -0.15) is 4.99 Å². The molecule has 0 bridgehead atoms. The molecule has 0 fully saturated rings. The molecule has 0 amide bonds. The molecule has 0 N–H and O–H groups in total. The van der Waals surface area contributed by atoms with Crippen molar-refractivity contribution < 1.29 is 14.3 Å². The smallest absolute Gasteiger partial charge is 0.332 e. The highest BCUT2D eigenvalue weighted by molar-refractivity contribution is 5.76. The average molecular weight is 247 g/mol. The van der Waals surface area contributed by atoms with E-state index in [1.165, 1.54) is 6.08 Å². The highest BCUT2D eigenvalue weighted by Crippen LogP contribution is 2.11. The highest BCUT2D eigenvalue weighted by Gasteiger charge is 2.20. The predicted molar refractivity (Wildman–Crippen MR) is 67.6 cm³/mol. The zero-order valence-electron chi connectivity index (χ0n) is 10.6. The van der Waals surface area contributed by atoms with E-state index in [4.69, 9.17) is 4.74 Å². The number of rotatable bonds is 6. The summed E-state index contributed by atoms with van der Waals surface area (Å²) in [5.41, 5.74) is 0.907. The molecule has 4 heteroatoms. The van der Waals surface area contributed by atoms with Crippen LogP contribution in [-0.4, -0.2) is 18.1 Å². The van der Waals surface area contributed by atoms with E-state index in [2.05, 4.69) is 4.99 Å². The molecule has 0 unspecified atom stereocenters. The molecule has 0 aromatic heterocycles. The first kappa shape index (κ1) is 14.1. The van der Waals surface area contributed by atoms with Crippen molar-refractivity contribution in [3.8, 4) is 0 Å². The first-order valence-electron chi connectivity index (χ1n) is 5.91. The Morgan fingerprint density at radius 3 is 2.56 bits per heavy atom. The molecule has 0 radical (unpaired) electrons. The molecule has 0 aliphatic carbocycles. The maximum atomic E-state index is 11.7. The van der Waals surface area contributed by atoms with Gasteiger partial charge in [0.2, 0.25) is 6.08 Å². The van der Waals surface area contributed by atoms with Crippen LogP contribution in [0, 0.1) is 5.92 Å². The van der Waals surface area contributed by atoms with Gasteiger partial charge >= 0.3 is 5.97 Å². The highest BCUT2D eigenvalue weighted by atomic mass is 16.5. The lowest BCUT2D eigenvalue weighted by Crippen LogP contribution is -2.23. The second kappa shape index (κ2) is 7.41. The van der Waals surface area contributed by atoms with Gasteiger partial charge in [-0.15, -0.1) is 0 Å². The van der Waals surface area contributed by atoms with Gasteiger partial charge in [0.15, 0.2) is 6.04 Å². The molecule has 0 spiro atoms. The van der Waals surface area contributed by atoms with Crippen molar-refractivity contribution in [1.29, 1.82) is 0 Å². The van der Waals surface area contributed by atoms with E-state index < -0.39 is 12.0 Å². The average Bonchev–Trinajstić information content (AvgIpc) is 2.36. The molecular formula is C14H17NO3. The zero-order chi connectivity index (χ0) is 13.4. The fraction of sp³-hybridized carbons (Fsp3) is 0.429. The molecular weight excluding hydrogens is 230 g/mol. The first-order valence-corrected chi connectivity index (χ1v) is 5.91. The van der Waals surface area contributed by atoms with Crippen molar-refractivity contribution in [2.75, 3.05) is 0 Å². The summed E-state index contributed by atoms with van der Waals surface area (Å²) in [6.07, 6.45) is 1.92. The van der Waals surface area contributed by atoms with Crippen LogP contribution in [0.5, 0.6) is 0 Å². The fourth-order valence-corrected chi connectivity index (χ4v) is 1.54. The predicted octanol–water partition coefficient (Wildman–Crippen LogP) is 2.48. The lowest BCUT2D eigenvalue weighted by Gasteiger charge is -2.12. The van der Waals surface area contributed by atoms with E-state index in [0.29, 0.717) is 6.42 Å². The molecule has 1 aromatic rings. The summed E-state index contributed by atoms with van der Waals surface area (Å²) in [5, 5.41) is 0. The van der Waals surface area contributed by atoms with E-state index >= 15 is 0 Å². The normalized spacial score (nSPS) is 11.7. The minimum absolute atomic E-state index is 0.197. The molecule has 0 saturated heterocycles. The largest absolute Gasteiger partial charge is 0.459 e. The lowest BCUT2D eigenvalue weighted by molar-refractivity contribution is -0.146. The Morgan fingerprint density at radius 2 is 2.00 bits per heavy atom. The molecule has 4 nitrogen and oxygen atoms in total. The standard InChI is InChI=1S/C14H17NO3/c1-11(2)8-13(15-10-16)14(17)18-9-12-6-4-3-5-7-12/h3-7,11,13H,8-9H2,1-2H3/t13-/m1/s1. The van der Waals surface area contributed by atoms with Crippen LogP contribution in [0.25, 0.3) is 0 Å². The number of ether oxygens (including phenoxy) is 1. The summed E-state index contributed by atoms with van der Waals surface area (Å²) in [6.45, 7) is 4.11. The number of hydrogen-bond donors (Lipinski definition) is 0. The van der Waals surface area contributed by atoms with E-state index in [1.807, 2.05) is 44.2 Å². The van der Waals surface area contributed by atoms with Crippen LogP contribution in [0.2, 0.25) is 0 Å². The monoisotopic (exact) mass is 247 g/mol. The Balaban J connectivity index is 2.54. The van der Waals surface area contributed by atoms with E-state index in [9.17, 15) is 9.59 Å². The van der Waals surface area contributed by atoms with Gasteiger partial charge in [-0.05, 0) is 17.9 Å². The molecule has 1 aromatic carbocycles. The maximum absolute atomic E-state index is 11.7. The number of nitrogens with zero attached hydrogens (tertiary/aromatic N) is 1. The second-order valence-electron chi connectivity index (χ2n) is 4.46. The molecule has 0 aliphatic heterocycles. The lowest BCUT2D eigenvalue weighted by atomic mass is 10.0.